The van der Waals surface area contributed by atoms with Crippen LogP contribution in [-0.2, 0) is 4.74 Å². The van der Waals surface area contributed by atoms with Crippen molar-refractivity contribution in [2.24, 2.45) is 28.6 Å². The second kappa shape index (κ2) is 5.60. The Morgan fingerprint density at radius 3 is 2.56 bits per heavy atom. The van der Waals surface area contributed by atoms with Gasteiger partial charge in [0.25, 0.3) is 0 Å². The molecule has 0 bridgehead atoms. The Labute approximate surface area is 152 Å². The number of aliphatic hydroxyl groups excluding tert-OH is 1. The van der Waals surface area contributed by atoms with Crippen LogP contribution in [0.5, 0.6) is 0 Å². The Morgan fingerprint density at radius 1 is 1.16 bits per heavy atom. The van der Waals surface area contributed by atoms with Gasteiger partial charge >= 0.3 is 0 Å². The lowest BCUT2D eigenvalue weighted by Gasteiger charge is -2.59. The molecule has 140 valence electrons. The van der Waals surface area contributed by atoms with Gasteiger partial charge in [0.05, 0.1) is 25.1 Å². The first-order valence-electron chi connectivity index (χ1n) is 10.1. The van der Waals surface area contributed by atoms with Gasteiger partial charge in [-0.25, -0.2) is 0 Å². The van der Waals surface area contributed by atoms with Crippen LogP contribution in [0.2, 0.25) is 0 Å². The Kier molecular flexibility index (Phi) is 3.94. The largest absolute Gasteiger partial charge is 0.501 e. The highest BCUT2D eigenvalue weighted by Gasteiger charge is 2.63. The number of hydrogen-bond acceptors (Lipinski definition) is 3. The summed E-state index contributed by atoms with van der Waals surface area (Å²) in [5.74, 6) is 2.77. The third kappa shape index (κ3) is 2.18. The topological polar surface area (TPSA) is 49.7 Å². The quantitative estimate of drug-likeness (QED) is 0.788. The van der Waals surface area contributed by atoms with Crippen molar-refractivity contribution in [3.63, 3.8) is 0 Å². The molecule has 2 saturated carbocycles. The Bertz CT molecular complexity index is 631. The monoisotopic (exact) mass is 346 g/mol. The molecule has 0 saturated heterocycles. The lowest BCUT2D eigenvalue weighted by atomic mass is 9.46. The van der Waals surface area contributed by atoms with Gasteiger partial charge in [-0.05, 0) is 87.2 Å². The van der Waals surface area contributed by atoms with Crippen molar-refractivity contribution in [2.75, 3.05) is 13.7 Å². The van der Waals surface area contributed by atoms with Crippen molar-refractivity contribution in [3.05, 3.63) is 23.0 Å². The third-order valence-corrected chi connectivity index (χ3v) is 8.91. The Hall–Kier alpha value is -0.800. The highest BCUT2D eigenvalue weighted by molar-refractivity contribution is 5.40. The second-order valence-electron chi connectivity index (χ2n) is 9.67. The molecular formula is C22H34O3. The van der Waals surface area contributed by atoms with E-state index < -0.39 is 5.60 Å². The van der Waals surface area contributed by atoms with Crippen molar-refractivity contribution in [3.8, 4) is 0 Å². The van der Waals surface area contributed by atoms with Crippen LogP contribution in [0, 0.1) is 28.6 Å². The lowest BCUT2D eigenvalue weighted by molar-refractivity contribution is -0.120. The fraction of sp³-hybridized carbons (Fsp3) is 0.818. The van der Waals surface area contributed by atoms with E-state index in [0.29, 0.717) is 17.8 Å². The highest BCUT2D eigenvalue weighted by Crippen LogP contribution is 2.67. The molecule has 4 aliphatic rings. The third-order valence-electron chi connectivity index (χ3n) is 8.91. The number of allylic oxidation sites excluding steroid dienone is 3. The number of fused-ring (bicyclic) bond motifs is 5. The molecule has 3 nitrogen and oxygen atoms in total. The maximum absolute atomic E-state index is 11.0. The van der Waals surface area contributed by atoms with E-state index in [4.69, 9.17) is 4.74 Å². The van der Waals surface area contributed by atoms with Crippen molar-refractivity contribution >= 4 is 0 Å². The Balaban J connectivity index is 1.78. The van der Waals surface area contributed by atoms with E-state index in [2.05, 4.69) is 26.8 Å². The highest BCUT2D eigenvalue weighted by atomic mass is 16.5. The molecule has 0 spiro atoms. The molecule has 4 aliphatic carbocycles. The molecule has 0 heterocycles. The average molecular weight is 347 g/mol. The molecule has 4 rings (SSSR count). The van der Waals surface area contributed by atoms with Gasteiger partial charge in [0.2, 0.25) is 0 Å². The molecule has 6 atom stereocenters. The molecule has 0 unspecified atom stereocenters. The number of methoxy groups -OCH3 is 1. The maximum Gasteiger partial charge on any atom is 0.0958 e. The van der Waals surface area contributed by atoms with E-state index >= 15 is 0 Å². The molecule has 3 heteroatoms. The zero-order valence-electron chi connectivity index (χ0n) is 16.3. The Morgan fingerprint density at radius 2 is 1.88 bits per heavy atom. The summed E-state index contributed by atoms with van der Waals surface area (Å²) in [6.45, 7) is 6.88. The summed E-state index contributed by atoms with van der Waals surface area (Å²) in [5.41, 5.74) is 2.19. The van der Waals surface area contributed by atoms with Gasteiger partial charge in [0, 0.05) is 11.8 Å². The fourth-order valence-electron chi connectivity index (χ4n) is 7.20. The second-order valence-corrected chi connectivity index (χ2v) is 9.67. The summed E-state index contributed by atoms with van der Waals surface area (Å²) in [4.78, 5) is 0. The smallest absolute Gasteiger partial charge is 0.0958 e. The predicted molar refractivity (Wildman–Crippen MR) is 98.8 cm³/mol. The first-order chi connectivity index (χ1) is 11.8. The first-order valence-corrected chi connectivity index (χ1v) is 10.1. The number of hydrogen-bond donors (Lipinski definition) is 2. The summed E-state index contributed by atoms with van der Waals surface area (Å²) >= 11 is 0. The molecule has 0 aromatic rings. The predicted octanol–water partition coefficient (Wildman–Crippen LogP) is 4.20. The van der Waals surface area contributed by atoms with Crippen molar-refractivity contribution in [1.82, 2.24) is 0 Å². The van der Waals surface area contributed by atoms with E-state index in [1.54, 1.807) is 7.11 Å². The zero-order valence-corrected chi connectivity index (χ0v) is 16.3. The summed E-state index contributed by atoms with van der Waals surface area (Å²) in [7, 11) is 1.76. The van der Waals surface area contributed by atoms with Gasteiger partial charge in [0.1, 0.15) is 0 Å². The van der Waals surface area contributed by atoms with Crippen LogP contribution in [0.1, 0.15) is 65.7 Å². The van der Waals surface area contributed by atoms with E-state index in [9.17, 15) is 10.2 Å². The molecule has 0 aromatic carbocycles. The normalized spacial score (nSPS) is 49.2. The lowest BCUT2D eigenvalue weighted by Crippen LogP contribution is -2.55. The van der Waals surface area contributed by atoms with Crippen molar-refractivity contribution < 1.29 is 14.9 Å². The van der Waals surface area contributed by atoms with Crippen LogP contribution in [0.15, 0.2) is 23.0 Å². The first kappa shape index (κ1) is 17.6. The minimum Gasteiger partial charge on any atom is -0.501 e. The molecular weight excluding hydrogens is 312 g/mol. The standard InChI is InChI=1S/C22H34O3/c1-14-11-16-17-7-9-21(3,24)20(17,2)8-6-18(16)22(13-23)10-5-15(25-4)12-19(14)22/h12,16-18,23-24H,5-11,13H2,1-4H3/t16-,17-,18-,20-,21-,22-/m0/s1. The van der Waals surface area contributed by atoms with Crippen LogP contribution in [0.25, 0.3) is 0 Å². The molecule has 2 fully saturated rings. The summed E-state index contributed by atoms with van der Waals surface area (Å²) in [5, 5.41) is 21.6. The van der Waals surface area contributed by atoms with E-state index in [-0.39, 0.29) is 17.4 Å². The molecule has 2 N–H and O–H groups in total. The van der Waals surface area contributed by atoms with E-state index in [1.807, 2.05) is 0 Å². The summed E-state index contributed by atoms with van der Waals surface area (Å²) in [6.07, 6.45) is 9.53. The number of aliphatic hydroxyl groups is 2. The van der Waals surface area contributed by atoms with Gasteiger partial charge in [-0.15, -0.1) is 0 Å². The van der Waals surface area contributed by atoms with Crippen LogP contribution in [0.3, 0.4) is 0 Å². The summed E-state index contributed by atoms with van der Waals surface area (Å²) in [6, 6.07) is 0. The van der Waals surface area contributed by atoms with Gasteiger partial charge in [-0.3, -0.25) is 0 Å². The van der Waals surface area contributed by atoms with Gasteiger partial charge in [0.15, 0.2) is 0 Å². The number of ether oxygens (including phenoxy) is 1. The molecule has 25 heavy (non-hydrogen) atoms. The van der Waals surface area contributed by atoms with Crippen molar-refractivity contribution in [1.29, 1.82) is 0 Å². The molecule has 0 aliphatic heterocycles. The zero-order chi connectivity index (χ0) is 18.0. The average Bonchev–Trinajstić information content (AvgIpc) is 2.84. The van der Waals surface area contributed by atoms with E-state index in [0.717, 1.165) is 50.7 Å². The molecule has 0 radical (unpaired) electrons. The van der Waals surface area contributed by atoms with Crippen LogP contribution < -0.4 is 0 Å². The van der Waals surface area contributed by atoms with Gasteiger partial charge in [-0.2, -0.15) is 0 Å². The van der Waals surface area contributed by atoms with Gasteiger partial charge < -0.3 is 14.9 Å². The van der Waals surface area contributed by atoms with Gasteiger partial charge in [-0.1, -0.05) is 12.5 Å². The number of rotatable bonds is 2. The fourth-order valence-corrected chi connectivity index (χ4v) is 7.20. The van der Waals surface area contributed by atoms with Crippen LogP contribution >= 0.6 is 0 Å². The van der Waals surface area contributed by atoms with E-state index in [1.165, 1.54) is 11.1 Å². The minimum atomic E-state index is -0.539. The summed E-state index contributed by atoms with van der Waals surface area (Å²) < 4.78 is 5.54. The maximum atomic E-state index is 11.0. The molecule has 0 amide bonds. The van der Waals surface area contributed by atoms with Crippen LogP contribution in [0.4, 0.5) is 0 Å². The molecule has 0 aromatic heterocycles. The van der Waals surface area contributed by atoms with Crippen molar-refractivity contribution in [2.45, 2.75) is 71.3 Å². The SMILES string of the molecule is COC1=CC2=C(C)C[C@@H]3[C@H](CC[C@@]4(C)[C@H]3CC[C@]4(C)O)[C@@]2(CO)CC1. The van der Waals surface area contributed by atoms with Crippen LogP contribution in [-0.4, -0.2) is 29.5 Å². The minimum absolute atomic E-state index is 0.0325.